The van der Waals surface area contributed by atoms with Crippen LogP contribution >= 0.6 is 0 Å². The van der Waals surface area contributed by atoms with Gasteiger partial charge in [-0.3, -0.25) is 9.36 Å². The highest BCUT2D eigenvalue weighted by molar-refractivity contribution is 5.89. The Bertz CT molecular complexity index is 980. The van der Waals surface area contributed by atoms with E-state index in [0.717, 1.165) is 22.2 Å². The first-order chi connectivity index (χ1) is 11.7. The molecule has 1 aromatic heterocycles. The Balaban J connectivity index is 1.54. The van der Waals surface area contributed by atoms with Crippen molar-refractivity contribution in [3.63, 3.8) is 0 Å². The summed E-state index contributed by atoms with van der Waals surface area (Å²) in [5, 5.41) is 0. The van der Waals surface area contributed by atoms with E-state index >= 15 is 0 Å². The molecule has 5 nitrogen and oxygen atoms in total. The van der Waals surface area contributed by atoms with Gasteiger partial charge in [0.25, 0.3) is 0 Å². The molecule has 0 unspecified atom stereocenters. The van der Waals surface area contributed by atoms with Crippen LogP contribution in [0.4, 0.5) is 0 Å². The summed E-state index contributed by atoms with van der Waals surface area (Å²) in [6, 6.07) is 15.7. The van der Waals surface area contributed by atoms with Crippen LogP contribution in [-0.2, 0) is 17.9 Å². The normalized spacial score (nSPS) is 14.0. The lowest BCUT2D eigenvalue weighted by atomic mass is 10.1. The number of fused-ring (bicyclic) bond motifs is 1. The third-order valence-corrected chi connectivity index (χ3v) is 4.32. The maximum absolute atomic E-state index is 12.1. The van der Waals surface area contributed by atoms with E-state index in [1.807, 2.05) is 54.6 Å². The van der Waals surface area contributed by atoms with Gasteiger partial charge in [0.1, 0.15) is 0 Å². The van der Waals surface area contributed by atoms with E-state index < -0.39 is 0 Å². The van der Waals surface area contributed by atoms with Crippen LogP contribution in [0.5, 0.6) is 0 Å². The van der Waals surface area contributed by atoms with E-state index in [9.17, 15) is 9.59 Å². The predicted octanol–water partition coefficient (Wildman–Crippen LogP) is 2.28. The topological polar surface area (TPSA) is 58.1 Å². The van der Waals surface area contributed by atoms with Crippen molar-refractivity contribution in [3.8, 4) is 0 Å². The highest BCUT2D eigenvalue weighted by atomic mass is 16.2. The fourth-order valence-corrected chi connectivity index (χ4v) is 3.04. The monoisotopic (exact) mass is 319 g/mol. The number of imidazole rings is 1. The molecule has 2 heterocycles. The molecule has 1 aliphatic heterocycles. The smallest absolute Gasteiger partial charge is 0.326 e. The summed E-state index contributed by atoms with van der Waals surface area (Å²) in [4.78, 5) is 28.4. The first kappa shape index (κ1) is 14.5. The van der Waals surface area contributed by atoms with Crippen molar-refractivity contribution >= 4 is 16.9 Å². The van der Waals surface area contributed by atoms with Gasteiger partial charge in [-0.2, -0.15) is 0 Å². The van der Waals surface area contributed by atoms with Crippen molar-refractivity contribution in [1.29, 1.82) is 0 Å². The Hall–Kier alpha value is -3.08. The number of rotatable bonds is 4. The number of aromatic amines is 1. The molecule has 0 saturated carbocycles. The molecule has 1 amide bonds. The molecular weight excluding hydrogens is 302 g/mol. The van der Waals surface area contributed by atoms with Crippen molar-refractivity contribution in [3.05, 3.63) is 82.3 Å². The molecule has 0 bridgehead atoms. The maximum atomic E-state index is 12.1. The minimum absolute atomic E-state index is 0.0596. The van der Waals surface area contributed by atoms with Crippen LogP contribution in [0.15, 0.2) is 65.5 Å². The average Bonchev–Trinajstić information content (AvgIpc) is 3.13. The Morgan fingerprint density at radius 3 is 2.33 bits per heavy atom. The van der Waals surface area contributed by atoms with Gasteiger partial charge in [-0.1, -0.05) is 42.5 Å². The lowest BCUT2D eigenvalue weighted by Crippen LogP contribution is -2.24. The van der Waals surface area contributed by atoms with Crippen LogP contribution in [0, 0.1) is 0 Å². The number of benzene rings is 2. The lowest BCUT2D eigenvalue weighted by Gasteiger charge is -2.15. The molecule has 120 valence electrons. The summed E-state index contributed by atoms with van der Waals surface area (Å²) >= 11 is 0. The van der Waals surface area contributed by atoms with E-state index in [-0.39, 0.29) is 11.6 Å². The number of H-pyrrole nitrogens is 1. The number of hydrogen-bond acceptors (Lipinski definition) is 2. The van der Waals surface area contributed by atoms with Crippen molar-refractivity contribution in [2.24, 2.45) is 0 Å². The summed E-state index contributed by atoms with van der Waals surface area (Å²) in [6.45, 7) is 1.80. The quantitative estimate of drug-likeness (QED) is 0.802. The van der Waals surface area contributed by atoms with Gasteiger partial charge in [0.05, 0.1) is 17.6 Å². The Morgan fingerprint density at radius 1 is 0.917 bits per heavy atom. The standard InChI is InChI=1S/C19H17N3O2/c23-18-6-3-11-21(18)12-14-7-9-15(10-8-14)13-22-17-5-2-1-4-16(17)20-19(22)24/h1-10H,11-13H2,(H,20,24). The molecule has 2 aromatic carbocycles. The number of nitrogens with zero attached hydrogens (tertiary/aromatic N) is 2. The number of nitrogens with one attached hydrogen (secondary N) is 1. The first-order valence-electron chi connectivity index (χ1n) is 7.91. The Labute approximate surface area is 138 Å². The molecule has 1 N–H and O–H groups in total. The third-order valence-electron chi connectivity index (χ3n) is 4.32. The molecule has 0 radical (unpaired) electrons. The number of carbonyl (C=O) groups is 1. The second-order valence-corrected chi connectivity index (χ2v) is 5.97. The summed E-state index contributed by atoms with van der Waals surface area (Å²) in [5.74, 6) is 0.0596. The van der Waals surface area contributed by atoms with Crippen LogP contribution in [-0.4, -0.2) is 26.9 Å². The zero-order valence-electron chi connectivity index (χ0n) is 13.1. The molecule has 0 spiro atoms. The lowest BCUT2D eigenvalue weighted by molar-refractivity contribution is -0.125. The number of hydrogen-bond donors (Lipinski definition) is 1. The van der Waals surface area contributed by atoms with E-state index in [0.29, 0.717) is 19.6 Å². The van der Waals surface area contributed by atoms with Crippen molar-refractivity contribution < 1.29 is 4.79 Å². The fourth-order valence-electron chi connectivity index (χ4n) is 3.04. The van der Waals surface area contributed by atoms with E-state index in [4.69, 9.17) is 0 Å². The Morgan fingerprint density at radius 2 is 1.62 bits per heavy atom. The summed E-state index contributed by atoms with van der Waals surface area (Å²) in [7, 11) is 0. The van der Waals surface area contributed by atoms with E-state index in [2.05, 4.69) is 4.98 Å². The van der Waals surface area contributed by atoms with Gasteiger partial charge in [-0.25, -0.2) is 4.79 Å². The third kappa shape index (κ3) is 2.65. The van der Waals surface area contributed by atoms with Crippen LogP contribution in [0.2, 0.25) is 0 Å². The van der Waals surface area contributed by atoms with Gasteiger partial charge in [0, 0.05) is 19.2 Å². The molecule has 5 heteroatoms. The van der Waals surface area contributed by atoms with Crippen LogP contribution in [0.3, 0.4) is 0 Å². The van der Waals surface area contributed by atoms with Crippen LogP contribution < -0.4 is 5.69 Å². The number of carbonyl (C=O) groups excluding carboxylic acids is 1. The van der Waals surface area contributed by atoms with Crippen LogP contribution in [0.1, 0.15) is 11.1 Å². The van der Waals surface area contributed by atoms with Gasteiger partial charge in [-0.05, 0) is 23.3 Å². The molecule has 1 aliphatic rings. The zero-order chi connectivity index (χ0) is 16.5. The second kappa shape index (κ2) is 5.85. The predicted molar refractivity (Wildman–Crippen MR) is 92.7 cm³/mol. The van der Waals surface area contributed by atoms with Crippen molar-refractivity contribution in [2.45, 2.75) is 13.1 Å². The SMILES string of the molecule is O=C1C=CCN1Cc1ccc(Cn2c(=O)[nH]c3ccccc32)cc1. The molecular formula is C19H17N3O2. The summed E-state index contributed by atoms with van der Waals surface area (Å²) in [5.41, 5.74) is 3.78. The Kier molecular flexibility index (Phi) is 3.54. The largest absolute Gasteiger partial charge is 0.331 e. The second-order valence-electron chi connectivity index (χ2n) is 5.97. The number of amides is 1. The van der Waals surface area contributed by atoms with E-state index in [1.165, 1.54) is 0 Å². The molecule has 0 saturated heterocycles. The molecule has 24 heavy (non-hydrogen) atoms. The summed E-state index contributed by atoms with van der Waals surface area (Å²) in [6.07, 6.45) is 3.48. The van der Waals surface area contributed by atoms with Crippen molar-refractivity contribution in [2.75, 3.05) is 6.54 Å². The van der Waals surface area contributed by atoms with Crippen molar-refractivity contribution in [1.82, 2.24) is 14.5 Å². The minimum atomic E-state index is -0.103. The molecule has 4 rings (SSSR count). The van der Waals surface area contributed by atoms with E-state index in [1.54, 1.807) is 15.5 Å². The van der Waals surface area contributed by atoms with Gasteiger partial charge < -0.3 is 9.88 Å². The van der Waals surface area contributed by atoms with Crippen LogP contribution in [0.25, 0.3) is 11.0 Å². The highest BCUT2D eigenvalue weighted by Crippen LogP contribution is 2.14. The highest BCUT2D eigenvalue weighted by Gasteiger charge is 2.14. The zero-order valence-corrected chi connectivity index (χ0v) is 13.1. The van der Waals surface area contributed by atoms with Gasteiger partial charge in [0.15, 0.2) is 0 Å². The number of aromatic nitrogens is 2. The average molecular weight is 319 g/mol. The van der Waals surface area contributed by atoms with Gasteiger partial charge >= 0.3 is 5.69 Å². The van der Waals surface area contributed by atoms with Gasteiger partial charge in [0.2, 0.25) is 5.91 Å². The maximum Gasteiger partial charge on any atom is 0.326 e. The van der Waals surface area contributed by atoms with Gasteiger partial charge in [-0.15, -0.1) is 0 Å². The molecule has 0 atom stereocenters. The first-order valence-corrected chi connectivity index (χ1v) is 7.91. The molecule has 0 aliphatic carbocycles. The summed E-state index contributed by atoms with van der Waals surface area (Å²) < 4.78 is 1.73. The number of para-hydroxylation sites is 2. The fraction of sp³-hybridized carbons (Fsp3) is 0.158. The minimum Gasteiger partial charge on any atom is -0.331 e. The molecule has 0 fully saturated rings. The molecule has 3 aromatic rings.